The Hall–Kier alpha value is -0.120. The first kappa shape index (κ1) is 9.44. The molecule has 2 rings (SSSR count). The van der Waals surface area contributed by atoms with Gasteiger partial charge in [-0.2, -0.15) is 0 Å². The van der Waals surface area contributed by atoms with Gasteiger partial charge in [-0.05, 0) is 26.8 Å². The number of nitrogens with one attached hydrogen (secondary N) is 1. The van der Waals surface area contributed by atoms with Gasteiger partial charge in [0.1, 0.15) is 0 Å². The molecule has 0 unspecified atom stereocenters. The quantitative estimate of drug-likeness (QED) is 0.641. The Morgan fingerprint density at radius 2 is 2.23 bits per heavy atom. The van der Waals surface area contributed by atoms with Crippen LogP contribution in [0.25, 0.3) is 0 Å². The van der Waals surface area contributed by atoms with Crippen LogP contribution in [0.15, 0.2) is 0 Å². The van der Waals surface area contributed by atoms with E-state index in [0.717, 1.165) is 32.8 Å². The molecule has 0 radical (unpaired) electrons. The first-order valence-electron chi connectivity index (χ1n) is 5.29. The molecule has 76 valence electrons. The molecule has 13 heavy (non-hydrogen) atoms. The SMILES string of the molecule is CC(C)N1CCOC[C@@]2(CCN2)C1. The third-order valence-corrected chi connectivity index (χ3v) is 3.24. The normalized spacial score (nSPS) is 36.2. The van der Waals surface area contributed by atoms with Crippen molar-refractivity contribution < 1.29 is 4.74 Å². The van der Waals surface area contributed by atoms with E-state index < -0.39 is 0 Å². The van der Waals surface area contributed by atoms with Gasteiger partial charge in [0.25, 0.3) is 0 Å². The lowest BCUT2D eigenvalue weighted by Crippen LogP contribution is -2.64. The fourth-order valence-electron chi connectivity index (χ4n) is 2.14. The highest BCUT2D eigenvalue weighted by Gasteiger charge is 2.40. The van der Waals surface area contributed by atoms with Crippen molar-refractivity contribution in [3.8, 4) is 0 Å². The topological polar surface area (TPSA) is 24.5 Å². The average Bonchev–Trinajstić information content (AvgIpc) is 2.24. The molecule has 0 aromatic heterocycles. The Morgan fingerprint density at radius 3 is 2.77 bits per heavy atom. The largest absolute Gasteiger partial charge is 0.378 e. The molecule has 0 saturated carbocycles. The van der Waals surface area contributed by atoms with E-state index in [9.17, 15) is 0 Å². The van der Waals surface area contributed by atoms with Crippen LogP contribution in [0.2, 0.25) is 0 Å². The molecule has 0 aromatic carbocycles. The second-order valence-electron chi connectivity index (χ2n) is 4.57. The minimum Gasteiger partial charge on any atom is -0.378 e. The molecule has 0 bridgehead atoms. The third-order valence-electron chi connectivity index (χ3n) is 3.24. The van der Waals surface area contributed by atoms with Gasteiger partial charge in [0, 0.05) is 19.1 Å². The highest BCUT2D eigenvalue weighted by atomic mass is 16.5. The summed E-state index contributed by atoms with van der Waals surface area (Å²) in [6, 6.07) is 0.640. The van der Waals surface area contributed by atoms with Crippen molar-refractivity contribution in [3.63, 3.8) is 0 Å². The molecular formula is C10H20N2O. The second kappa shape index (κ2) is 3.56. The van der Waals surface area contributed by atoms with Crippen LogP contribution < -0.4 is 5.32 Å². The second-order valence-corrected chi connectivity index (χ2v) is 4.57. The van der Waals surface area contributed by atoms with Crippen molar-refractivity contribution in [2.75, 3.05) is 32.8 Å². The molecule has 0 amide bonds. The number of rotatable bonds is 1. The lowest BCUT2D eigenvalue weighted by Gasteiger charge is -2.44. The molecule has 2 saturated heterocycles. The van der Waals surface area contributed by atoms with E-state index in [0.29, 0.717) is 11.6 Å². The van der Waals surface area contributed by atoms with Crippen LogP contribution in [-0.4, -0.2) is 49.3 Å². The highest BCUT2D eigenvalue weighted by molar-refractivity contribution is 5.00. The smallest absolute Gasteiger partial charge is 0.0662 e. The molecule has 1 spiro atoms. The predicted molar refractivity (Wildman–Crippen MR) is 52.9 cm³/mol. The summed E-state index contributed by atoms with van der Waals surface area (Å²) in [7, 11) is 0. The zero-order valence-electron chi connectivity index (χ0n) is 8.68. The summed E-state index contributed by atoms with van der Waals surface area (Å²) < 4.78 is 5.63. The maximum atomic E-state index is 5.63. The van der Waals surface area contributed by atoms with Gasteiger partial charge in [0.05, 0.1) is 18.8 Å². The lowest BCUT2D eigenvalue weighted by atomic mass is 9.88. The van der Waals surface area contributed by atoms with Crippen LogP contribution in [0, 0.1) is 0 Å². The van der Waals surface area contributed by atoms with Gasteiger partial charge < -0.3 is 10.1 Å². The van der Waals surface area contributed by atoms with E-state index in [1.807, 2.05) is 0 Å². The molecular weight excluding hydrogens is 164 g/mol. The molecule has 2 aliphatic rings. The van der Waals surface area contributed by atoms with Gasteiger partial charge in [-0.3, -0.25) is 4.90 Å². The van der Waals surface area contributed by atoms with Crippen LogP contribution >= 0.6 is 0 Å². The first-order valence-corrected chi connectivity index (χ1v) is 5.29. The minimum absolute atomic E-state index is 0.292. The summed E-state index contributed by atoms with van der Waals surface area (Å²) in [5, 5.41) is 3.52. The average molecular weight is 184 g/mol. The van der Waals surface area contributed by atoms with Gasteiger partial charge in [0.2, 0.25) is 0 Å². The monoisotopic (exact) mass is 184 g/mol. The molecule has 0 aromatic rings. The molecule has 1 N–H and O–H groups in total. The highest BCUT2D eigenvalue weighted by Crippen LogP contribution is 2.23. The van der Waals surface area contributed by atoms with Crippen molar-refractivity contribution in [2.45, 2.75) is 31.8 Å². The van der Waals surface area contributed by atoms with Gasteiger partial charge in [-0.25, -0.2) is 0 Å². The summed E-state index contributed by atoms with van der Waals surface area (Å²) in [5.74, 6) is 0. The van der Waals surface area contributed by atoms with Crippen LogP contribution in [-0.2, 0) is 4.74 Å². The van der Waals surface area contributed by atoms with Crippen LogP contribution in [0.4, 0.5) is 0 Å². The fourth-order valence-corrected chi connectivity index (χ4v) is 2.14. The van der Waals surface area contributed by atoms with Crippen molar-refractivity contribution in [1.82, 2.24) is 10.2 Å². The van der Waals surface area contributed by atoms with Crippen LogP contribution in [0.3, 0.4) is 0 Å². The summed E-state index contributed by atoms with van der Waals surface area (Å²) >= 11 is 0. The molecule has 1 atom stereocenters. The summed E-state index contributed by atoms with van der Waals surface area (Å²) in [5.41, 5.74) is 0.292. The molecule has 2 heterocycles. The lowest BCUT2D eigenvalue weighted by molar-refractivity contribution is 0.0543. The summed E-state index contributed by atoms with van der Waals surface area (Å²) in [4.78, 5) is 2.51. The summed E-state index contributed by atoms with van der Waals surface area (Å²) in [6.07, 6.45) is 1.27. The molecule has 3 heteroatoms. The number of hydrogen-bond donors (Lipinski definition) is 1. The van der Waals surface area contributed by atoms with Gasteiger partial charge in [-0.15, -0.1) is 0 Å². The van der Waals surface area contributed by atoms with Crippen LogP contribution in [0.5, 0.6) is 0 Å². The van der Waals surface area contributed by atoms with Crippen LogP contribution in [0.1, 0.15) is 20.3 Å². The third kappa shape index (κ3) is 1.87. The number of ether oxygens (including phenoxy) is 1. The van der Waals surface area contributed by atoms with Gasteiger partial charge >= 0.3 is 0 Å². The van der Waals surface area contributed by atoms with E-state index in [1.165, 1.54) is 6.42 Å². The van der Waals surface area contributed by atoms with Gasteiger partial charge in [0.15, 0.2) is 0 Å². The number of hydrogen-bond acceptors (Lipinski definition) is 3. The molecule has 2 fully saturated rings. The number of nitrogens with zero attached hydrogens (tertiary/aromatic N) is 1. The fraction of sp³-hybridized carbons (Fsp3) is 1.00. The molecule has 2 aliphatic heterocycles. The molecule has 3 nitrogen and oxygen atoms in total. The first-order chi connectivity index (χ1) is 6.22. The maximum absolute atomic E-state index is 5.63. The Labute approximate surface area is 80.4 Å². The standard InChI is InChI=1S/C10H20N2O/c1-9(2)12-5-6-13-8-10(7-12)3-4-11-10/h9,11H,3-8H2,1-2H3/t10-/m1/s1. The predicted octanol–water partition coefficient (Wildman–Crippen LogP) is 0.459. The Balaban J connectivity index is 1.98. The van der Waals surface area contributed by atoms with Crippen molar-refractivity contribution >= 4 is 0 Å². The zero-order chi connectivity index (χ0) is 9.31. The van der Waals surface area contributed by atoms with E-state index in [4.69, 9.17) is 4.74 Å². The Morgan fingerprint density at radius 1 is 1.46 bits per heavy atom. The van der Waals surface area contributed by atoms with Crippen molar-refractivity contribution in [1.29, 1.82) is 0 Å². The molecule has 0 aliphatic carbocycles. The Bertz CT molecular complexity index is 178. The van der Waals surface area contributed by atoms with E-state index in [1.54, 1.807) is 0 Å². The van der Waals surface area contributed by atoms with E-state index >= 15 is 0 Å². The van der Waals surface area contributed by atoms with Crippen molar-refractivity contribution in [2.24, 2.45) is 0 Å². The van der Waals surface area contributed by atoms with Gasteiger partial charge in [-0.1, -0.05) is 0 Å². The van der Waals surface area contributed by atoms with Crippen molar-refractivity contribution in [3.05, 3.63) is 0 Å². The zero-order valence-corrected chi connectivity index (χ0v) is 8.68. The van der Waals surface area contributed by atoms with E-state index in [-0.39, 0.29) is 0 Å². The maximum Gasteiger partial charge on any atom is 0.0662 e. The minimum atomic E-state index is 0.292. The summed E-state index contributed by atoms with van der Waals surface area (Å²) in [6.45, 7) is 9.72. The Kier molecular flexibility index (Phi) is 2.58. The van der Waals surface area contributed by atoms with E-state index in [2.05, 4.69) is 24.1 Å².